The Balaban J connectivity index is 1.19. The number of carboxylic acids is 1. The van der Waals surface area contributed by atoms with Crippen LogP contribution in [-0.4, -0.2) is 44.1 Å². The number of fused-ring (bicyclic) bond motifs is 9. The summed E-state index contributed by atoms with van der Waals surface area (Å²) in [7, 11) is 0. The van der Waals surface area contributed by atoms with Crippen molar-refractivity contribution in [1.29, 1.82) is 0 Å². The maximum Gasteiger partial charge on any atom is 0.326 e. The molecule has 0 radical (unpaired) electrons. The van der Waals surface area contributed by atoms with Crippen LogP contribution in [0.2, 0.25) is 5.02 Å². The van der Waals surface area contributed by atoms with Crippen LogP contribution < -0.4 is 9.61 Å². The molecule has 43 heavy (non-hydrogen) atoms. The van der Waals surface area contributed by atoms with E-state index in [1.165, 1.54) is 11.3 Å². The number of aliphatic carboxylic acids is 1. The summed E-state index contributed by atoms with van der Waals surface area (Å²) in [5, 5.41) is 11.5. The molecule has 3 fully saturated rings. The van der Waals surface area contributed by atoms with Crippen molar-refractivity contribution >= 4 is 52.5 Å². The minimum atomic E-state index is -1.14. The molecule has 3 aromatic rings. The molecule has 2 bridgehead atoms. The number of carbonyl (C=O) groups is 3. The van der Waals surface area contributed by atoms with Crippen molar-refractivity contribution in [2.24, 2.45) is 35.5 Å². The smallest absolute Gasteiger partial charge is 0.326 e. The number of halogens is 1. The number of hydrogen-bond donors (Lipinski definition) is 2. The summed E-state index contributed by atoms with van der Waals surface area (Å²) in [6, 6.07) is 14.3. The van der Waals surface area contributed by atoms with Gasteiger partial charge in [0, 0.05) is 21.1 Å². The number of thiazole rings is 1. The minimum Gasteiger partial charge on any atom is -0.489 e. The van der Waals surface area contributed by atoms with Gasteiger partial charge in [0.25, 0.3) is 0 Å². The van der Waals surface area contributed by atoms with E-state index in [9.17, 15) is 24.3 Å². The monoisotopic (exact) mass is 638 g/mol. The normalized spacial score (nSPS) is 29.5. The first-order chi connectivity index (χ1) is 20.6. The van der Waals surface area contributed by atoms with Gasteiger partial charge < -0.3 is 14.8 Å². The SMILES string of the molecule is CC(C)CC(C(=O)O)N1C(=O)C2C3CC(C2C1=O)C1C3Sc2[nH]c(=O)sc2[C@@H]1c1ccc(OCc2ccc(Cl)cc2)cc1. The van der Waals surface area contributed by atoms with E-state index in [-0.39, 0.29) is 57.9 Å². The van der Waals surface area contributed by atoms with Crippen molar-refractivity contribution in [3.8, 4) is 5.75 Å². The number of rotatable bonds is 8. The molecule has 11 heteroatoms. The second kappa shape index (κ2) is 10.8. The summed E-state index contributed by atoms with van der Waals surface area (Å²) in [6.07, 6.45) is 0.986. The fourth-order valence-electron chi connectivity index (χ4n) is 8.00. The lowest BCUT2D eigenvalue weighted by atomic mass is 9.68. The summed E-state index contributed by atoms with van der Waals surface area (Å²) >= 11 is 8.82. The number of carboxylic acid groups (broad SMARTS) is 1. The summed E-state index contributed by atoms with van der Waals surface area (Å²) in [5.41, 5.74) is 2.04. The van der Waals surface area contributed by atoms with Gasteiger partial charge in [-0.15, -0.1) is 11.8 Å². The Bertz CT molecular complexity index is 1650. The Labute approximate surface area is 261 Å². The molecule has 2 aromatic carbocycles. The molecule has 3 heterocycles. The highest BCUT2D eigenvalue weighted by atomic mass is 35.5. The Morgan fingerprint density at radius 3 is 2.37 bits per heavy atom. The third-order valence-corrected chi connectivity index (χ3v) is 12.4. The maximum absolute atomic E-state index is 13.9. The lowest BCUT2D eigenvalue weighted by molar-refractivity contribution is -0.156. The molecule has 2 N–H and O–H groups in total. The molecule has 2 aliphatic carbocycles. The summed E-state index contributed by atoms with van der Waals surface area (Å²) in [6.45, 7) is 4.20. The van der Waals surface area contributed by atoms with E-state index in [0.717, 1.165) is 32.4 Å². The molecule has 2 aliphatic heterocycles. The number of amides is 2. The Hall–Kier alpha value is -3.08. The molecule has 1 saturated heterocycles. The van der Waals surface area contributed by atoms with Gasteiger partial charge in [0.15, 0.2) is 0 Å². The van der Waals surface area contributed by atoms with Gasteiger partial charge in [-0.2, -0.15) is 0 Å². The lowest BCUT2D eigenvalue weighted by Crippen LogP contribution is -2.47. The molecular weight excluding hydrogens is 608 g/mol. The number of benzene rings is 2. The van der Waals surface area contributed by atoms with Crippen LogP contribution in [-0.2, 0) is 21.0 Å². The van der Waals surface area contributed by atoms with Gasteiger partial charge in [-0.3, -0.25) is 19.3 Å². The van der Waals surface area contributed by atoms with E-state index >= 15 is 0 Å². The van der Waals surface area contributed by atoms with Crippen molar-refractivity contribution in [3.63, 3.8) is 0 Å². The molecule has 7 unspecified atom stereocenters. The van der Waals surface area contributed by atoms with Gasteiger partial charge in [-0.05, 0) is 71.9 Å². The zero-order chi connectivity index (χ0) is 30.2. The van der Waals surface area contributed by atoms with Gasteiger partial charge in [0.05, 0.1) is 16.9 Å². The molecule has 224 valence electrons. The van der Waals surface area contributed by atoms with Crippen molar-refractivity contribution < 1.29 is 24.2 Å². The maximum atomic E-state index is 13.9. The zero-order valence-corrected chi connectivity index (χ0v) is 26.0. The van der Waals surface area contributed by atoms with Gasteiger partial charge >= 0.3 is 10.8 Å². The van der Waals surface area contributed by atoms with Gasteiger partial charge in [-0.1, -0.05) is 61.1 Å². The van der Waals surface area contributed by atoms with Crippen molar-refractivity contribution in [3.05, 3.63) is 79.2 Å². The summed E-state index contributed by atoms with van der Waals surface area (Å²) < 4.78 is 6.01. The Morgan fingerprint density at radius 2 is 1.72 bits per heavy atom. The van der Waals surface area contributed by atoms with Crippen molar-refractivity contribution in [1.82, 2.24) is 9.88 Å². The van der Waals surface area contributed by atoms with Crippen LogP contribution >= 0.6 is 34.7 Å². The van der Waals surface area contributed by atoms with Gasteiger partial charge in [-0.25, -0.2) is 4.79 Å². The van der Waals surface area contributed by atoms with Crippen LogP contribution in [0.3, 0.4) is 0 Å². The fraction of sp³-hybridized carbons (Fsp3) is 0.438. The zero-order valence-electron chi connectivity index (χ0n) is 23.6. The predicted molar refractivity (Wildman–Crippen MR) is 163 cm³/mol. The molecule has 8 nitrogen and oxygen atoms in total. The van der Waals surface area contributed by atoms with Crippen molar-refractivity contribution in [2.45, 2.75) is 55.5 Å². The topological polar surface area (TPSA) is 117 Å². The first kappa shape index (κ1) is 28.7. The highest BCUT2D eigenvalue weighted by Gasteiger charge is 2.70. The molecule has 2 saturated carbocycles. The first-order valence-corrected chi connectivity index (χ1v) is 16.7. The average molecular weight is 639 g/mol. The van der Waals surface area contributed by atoms with Gasteiger partial charge in [0.1, 0.15) is 18.4 Å². The van der Waals surface area contributed by atoms with E-state index in [0.29, 0.717) is 17.4 Å². The molecule has 2 amide bonds. The number of thioether (sulfide) groups is 1. The predicted octanol–water partition coefficient (Wildman–Crippen LogP) is 5.64. The number of carbonyl (C=O) groups excluding carboxylic acids is 2. The van der Waals surface area contributed by atoms with Crippen LogP contribution in [0, 0.1) is 35.5 Å². The number of likely N-dealkylation sites (tertiary alicyclic amines) is 1. The van der Waals surface area contributed by atoms with E-state index in [1.807, 2.05) is 62.4 Å². The van der Waals surface area contributed by atoms with Crippen LogP contribution in [0.25, 0.3) is 0 Å². The molecule has 4 aliphatic rings. The molecule has 7 rings (SSSR count). The second-order valence-corrected chi connectivity index (χ2v) is 15.1. The third kappa shape index (κ3) is 4.73. The van der Waals surface area contributed by atoms with Crippen LogP contribution in [0.1, 0.15) is 48.6 Å². The largest absolute Gasteiger partial charge is 0.489 e. The Morgan fingerprint density at radius 1 is 1.05 bits per heavy atom. The van der Waals surface area contributed by atoms with E-state index in [1.54, 1.807) is 11.8 Å². The third-order valence-electron chi connectivity index (χ3n) is 9.61. The van der Waals surface area contributed by atoms with Gasteiger partial charge in [0.2, 0.25) is 11.8 Å². The van der Waals surface area contributed by atoms with Crippen LogP contribution in [0.5, 0.6) is 5.75 Å². The fourth-order valence-corrected chi connectivity index (χ4v) is 11.0. The average Bonchev–Trinajstić information content (AvgIpc) is 3.70. The number of hydrogen-bond acceptors (Lipinski definition) is 7. The van der Waals surface area contributed by atoms with Crippen LogP contribution in [0.15, 0.2) is 58.4 Å². The second-order valence-electron chi connectivity index (χ2n) is 12.5. The molecule has 0 spiro atoms. The summed E-state index contributed by atoms with van der Waals surface area (Å²) in [5.74, 6) is -2.29. The molecular formula is C32H31ClN2O6S2. The van der Waals surface area contributed by atoms with Crippen LogP contribution in [0.4, 0.5) is 0 Å². The lowest BCUT2D eigenvalue weighted by Gasteiger charge is -2.43. The standard InChI is InChI=1S/C32H31ClN2O6S2/c1-14(2)11-21(31(38)39)35-29(36)24-19-12-20(25(24)30(35)37)26-23(19)22(27-28(42-26)34-32(40)43-27)16-5-9-18(10-6-16)41-13-15-3-7-17(33)8-4-15/h3-10,14,19-26H,11-13H2,1-2H3,(H,34,40)(H,38,39)/t19?,20?,21?,22-,23?,24?,25?,26?/m1/s1. The Kier molecular flexibility index (Phi) is 7.22. The number of aromatic nitrogens is 1. The molecule has 8 atom stereocenters. The minimum absolute atomic E-state index is 0.0207. The first-order valence-electron chi connectivity index (χ1n) is 14.6. The number of H-pyrrole nitrogens is 1. The highest BCUT2D eigenvalue weighted by molar-refractivity contribution is 8.00. The van der Waals surface area contributed by atoms with Crippen molar-refractivity contribution in [2.75, 3.05) is 0 Å². The number of nitrogens with one attached hydrogen (secondary N) is 1. The number of aromatic amines is 1. The van der Waals surface area contributed by atoms with E-state index in [2.05, 4.69) is 4.98 Å². The highest BCUT2D eigenvalue weighted by Crippen LogP contribution is 2.68. The van der Waals surface area contributed by atoms with E-state index in [4.69, 9.17) is 16.3 Å². The number of nitrogens with zero attached hydrogens (tertiary/aromatic N) is 1. The van der Waals surface area contributed by atoms with E-state index < -0.39 is 23.8 Å². The number of ether oxygens (including phenoxy) is 1. The molecule has 1 aromatic heterocycles. The summed E-state index contributed by atoms with van der Waals surface area (Å²) in [4.78, 5) is 57.4. The number of imide groups is 1. The quantitative estimate of drug-likeness (QED) is 0.307.